The Balaban J connectivity index is 1.93. The predicted octanol–water partition coefficient (Wildman–Crippen LogP) is 2.88. The number of halogens is 3. The molecule has 2 aromatic rings. The van der Waals surface area contributed by atoms with Crippen LogP contribution in [-0.4, -0.2) is 29.3 Å². The topological polar surface area (TPSA) is 87.3 Å². The molecule has 3 rings (SSSR count). The Morgan fingerprint density at radius 3 is 2.34 bits per heavy atom. The molecule has 0 bridgehead atoms. The molecule has 1 aliphatic rings. The standard InChI is InChI=1S/C19H16F3N3O3S/c1-10-2-4-11(5-3-10)14-8-12(19(20,21)22)6-7-13(14)15(26)23-9-18(29)16(27)24-17(28)25-18/h2-8,29H,9H2,1H3,(H,23,26)(H2,24,25,27,28)/t18-/m0/s1. The zero-order chi connectivity index (χ0) is 21.4. The number of hydrogen-bond acceptors (Lipinski definition) is 4. The second kappa shape index (κ2) is 7.43. The van der Waals surface area contributed by atoms with E-state index in [2.05, 4.69) is 23.3 Å². The summed E-state index contributed by atoms with van der Waals surface area (Å²) >= 11 is 4.08. The summed E-state index contributed by atoms with van der Waals surface area (Å²) < 4.78 is 39.5. The lowest BCUT2D eigenvalue weighted by atomic mass is 9.95. The average molecular weight is 423 g/mol. The van der Waals surface area contributed by atoms with Gasteiger partial charge in [-0.05, 0) is 36.2 Å². The van der Waals surface area contributed by atoms with E-state index in [1.807, 2.05) is 12.2 Å². The van der Waals surface area contributed by atoms with Crippen LogP contribution in [0.4, 0.5) is 18.0 Å². The van der Waals surface area contributed by atoms with Crippen LogP contribution < -0.4 is 16.0 Å². The molecule has 29 heavy (non-hydrogen) atoms. The Morgan fingerprint density at radius 2 is 1.79 bits per heavy atom. The number of carbonyl (C=O) groups excluding carboxylic acids is 3. The largest absolute Gasteiger partial charge is 0.416 e. The van der Waals surface area contributed by atoms with E-state index in [1.165, 1.54) is 0 Å². The van der Waals surface area contributed by atoms with Gasteiger partial charge < -0.3 is 10.6 Å². The number of carbonyl (C=O) groups is 3. The number of benzene rings is 2. The highest BCUT2D eigenvalue weighted by Crippen LogP contribution is 2.34. The van der Waals surface area contributed by atoms with Crippen LogP contribution in [0.3, 0.4) is 0 Å². The predicted molar refractivity (Wildman–Crippen MR) is 102 cm³/mol. The molecule has 2 aromatic carbocycles. The van der Waals surface area contributed by atoms with Crippen LogP contribution in [0, 0.1) is 6.92 Å². The first-order chi connectivity index (χ1) is 13.5. The Kier molecular flexibility index (Phi) is 5.31. The highest BCUT2D eigenvalue weighted by Gasteiger charge is 2.43. The third kappa shape index (κ3) is 4.37. The summed E-state index contributed by atoms with van der Waals surface area (Å²) in [5.41, 5.74) is 0.526. The molecule has 0 spiro atoms. The number of hydrogen-bond donors (Lipinski definition) is 4. The van der Waals surface area contributed by atoms with Crippen molar-refractivity contribution in [3.05, 3.63) is 59.2 Å². The number of nitrogens with one attached hydrogen (secondary N) is 3. The van der Waals surface area contributed by atoms with Gasteiger partial charge in [0, 0.05) is 5.56 Å². The number of rotatable bonds is 4. The zero-order valence-corrected chi connectivity index (χ0v) is 15.9. The van der Waals surface area contributed by atoms with Crippen molar-refractivity contribution in [2.24, 2.45) is 0 Å². The van der Waals surface area contributed by atoms with Crippen molar-refractivity contribution in [3.8, 4) is 11.1 Å². The molecular weight excluding hydrogens is 407 g/mol. The lowest BCUT2D eigenvalue weighted by Gasteiger charge is -2.20. The van der Waals surface area contributed by atoms with Crippen LogP contribution in [0.1, 0.15) is 21.5 Å². The Labute approximate surface area is 169 Å². The van der Waals surface area contributed by atoms with E-state index in [4.69, 9.17) is 0 Å². The molecule has 0 aliphatic carbocycles. The fraction of sp³-hybridized carbons (Fsp3) is 0.211. The van der Waals surface area contributed by atoms with Crippen LogP contribution in [0.2, 0.25) is 0 Å². The second-order valence-electron chi connectivity index (χ2n) is 6.58. The minimum absolute atomic E-state index is 0.0106. The Hall–Kier alpha value is -3.01. The van der Waals surface area contributed by atoms with Gasteiger partial charge in [0.2, 0.25) is 0 Å². The third-order valence-electron chi connectivity index (χ3n) is 4.38. The van der Waals surface area contributed by atoms with E-state index in [1.54, 1.807) is 24.3 Å². The molecule has 3 N–H and O–H groups in total. The first kappa shape index (κ1) is 20.7. The molecule has 0 saturated carbocycles. The van der Waals surface area contributed by atoms with E-state index in [9.17, 15) is 27.6 Å². The SMILES string of the molecule is Cc1ccc(-c2cc(C(F)(F)F)ccc2C(=O)NC[C@@]2(S)NC(=O)NC2=O)cc1. The summed E-state index contributed by atoms with van der Waals surface area (Å²) in [7, 11) is 0. The molecule has 1 atom stereocenters. The molecule has 1 aliphatic heterocycles. The van der Waals surface area contributed by atoms with Crippen molar-refractivity contribution in [3.63, 3.8) is 0 Å². The van der Waals surface area contributed by atoms with Crippen molar-refractivity contribution in [2.75, 3.05) is 6.54 Å². The highest BCUT2D eigenvalue weighted by atomic mass is 32.1. The van der Waals surface area contributed by atoms with E-state index >= 15 is 0 Å². The van der Waals surface area contributed by atoms with E-state index in [-0.39, 0.29) is 17.7 Å². The van der Waals surface area contributed by atoms with Crippen LogP contribution in [0.25, 0.3) is 11.1 Å². The van der Waals surface area contributed by atoms with Crippen LogP contribution in [-0.2, 0) is 11.0 Å². The van der Waals surface area contributed by atoms with Crippen molar-refractivity contribution < 1.29 is 27.6 Å². The fourth-order valence-corrected chi connectivity index (χ4v) is 3.04. The van der Waals surface area contributed by atoms with Gasteiger partial charge in [-0.1, -0.05) is 29.8 Å². The van der Waals surface area contributed by atoms with Gasteiger partial charge in [0.05, 0.1) is 12.1 Å². The van der Waals surface area contributed by atoms with E-state index < -0.39 is 34.5 Å². The van der Waals surface area contributed by atoms with E-state index in [0.29, 0.717) is 5.56 Å². The lowest BCUT2D eigenvalue weighted by Crippen LogP contribution is -2.50. The maximum Gasteiger partial charge on any atom is 0.416 e. The number of alkyl halides is 3. The monoisotopic (exact) mass is 423 g/mol. The van der Waals surface area contributed by atoms with Crippen LogP contribution in [0.5, 0.6) is 0 Å². The number of urea groups is 1. The van der Waals surface area contributed by atoms with Gasteiger partial charge in [-0.3, -0.25) is 14.9 Å². The molecule has 4 amide bonds. The maximum absolute atomic E-state index is 13.2. The summed E-state index contributed by atoms with van der Waals surface area (Å²) in [4.78, 5) is 34.1. The van der Waals surface area contributed by atoms with Gasteiger partial charge in [0.1, 0.15) is 0 Å². The first-order valence-electron chi connectivity index (χ1n) is 8.42. The van der Waals surface area contributed by atoms with Crippen molar-refractivity contribution in [1.29, 1.82) is 0 Å². The van der Waals surface area contributed by atoms with Crippen LogP contribution >= 0.6 is 12.6 Å². The van der Waals surface area contributed by atoms with Gasteiger partial charge in [-0.2, -0.15) is 13.2 Å². The summed E-state index contributed by atoms with van der Waals surface area (Å²) in [5, 5.41) is 6.71. The first-order valence-corrected chi connectivity index (χ1v) is 8.87. The molecule has 0 unspecified atom stereocenters. The minimum atomic E-state index is -4.57. The highest BCUT2D eigenvalue weighted by molar-refractivity contribution is 7.82. The summed E-state index contributed by atoms with van der Waals surface area (Å²) in [6.45, 7) is 1.47. The Morgan fingerprint density at radius 1 is 1.14 bits per heavy atom. The van der Waals surface area contributed by atoms with E-state index in [0.717, 1.165) is 23.8 Å². The zero-order valence-electron chi connectivity index (χ0n) is 15.1. The van der Waals surface area contributed by atoms with Crippen molar-refractivity contribution in [1.82, 2.24) is 16.0 Å². The molecule has 10 heteroatoms. The van der Waals surface area contributed by atoms with Crippen LogP contribution in [0.15, 0.2) is 42.5 Å². The molecule has 0 aromatic heterocycles. The van der Waals surface area contributed by atoms with Gasteiger partial charge in [-0.15, -0.1) is 12.6 Å². The molecule has 1 saturated heterocycles. The molecule has 1 heterocycles. The minimum Gasteiger partial charge on any atom is -0.348 e. The van der Waals surface area contributed by atoms with Crippen molar-refractivity contribution >= 4 is 30.5 Å². The quantitative estimate of drug-likeness (QED) is 0.451. The second-order valence-corrected chi connectivity index (χ2v) is 7.34. The van der Waals surface area contributed by atoms with Gasteiger partial charge >= 0.3 is 12.2 Å². The fourth-order valence-electron chi connectivity index (χ4n) is 2.80. The summed E-state index contributed by atoms with van der Waals surface area (Å²) in [5.74, 6) is -1.45. The molecule has 0 radical (unpaired) electrons. The normalized spacial score (nSPS) is 18.9. The van der Waals surface area contributed by atoms with Crippen molar-refractivity contribution in [2.45, 2.75) is 18.0 Å². The smallest absolute Gasteiger partial charge is 0.348 e. The summed E-state index contributed by atoms with van der Waals surface area (Å²) in [6.07, 6.45) is -4.57. The molecule has 6 nitrogen and oxygen atoms in total. The number of amides is 4. The Bertz CT molecular complexity index is 992. The van der Waals surface area contributed by atoms with Gasteiger partial charge in [0.15, 0.2) is 4.87 Å². The average Bonchev–Trinajstić information content (AvgIpc) is 2.91. The lowest BCUT2D eigenvalue weighted by molar-refractivity contribution is -0.137. The number of thiol groups is 1. The molecule has 152 valence electrons. The van der Waals surface area contributed by atoms with Gasteiger partial charge in [-0.25, -0.2) is 4.79 Å². The summed E-state index contributed by atoms with van der Waals surface area (Å²) in [6, 6.07) is 8.71. The number of imide groups is 1. The number of aryl methyl sites for hydroxylation is 1. The third-order valence-corrected chi connectivity index (χ3v) is 4.85. The molecule has 1 fully saturated rings. The maximum atomic E-state index is 13.2. The molecular formula is C19H16F3N3O3S. The van der Waals surface area contributed by atoms with Gasteiger partial charge in [0.25, 0.3) is 11.8 Å².